The molecular formula is C22H27BO2. The Morgan fingerprint density at radius 2 is 1.24 bits per heavy atom. The molecule has 3 heteroatoms. The molecule has 0 unspecified atom stereocenters. The minimum Gasteiger partial charge on any atom is -0.403 e. The van der Waals surface area contributed by atoms with Gasteiger partial charge in [0, 0.05) is 5.31 Å². The first-order valence-electron chi connectivity index (χ1n) is 9.30. The van der Waals surface area contributed by atoms with E-state index in [-0.39, 0.29) is 23.6 Å². The van der Waals surface area contributed by atoms with Gasteiger partial charge in [-0.05, 0) is 57.6 Å². The van der Waals surface area contributed by atoms with Crippen LogP contribution in [0.25, 0.3) is 0 Å². The van der Waals surface area contributed by atoms with E-state index >= 15 is 0 Å². The lowest BCUT2D eigenvalue weighted by Crippen LogP contribution is -2.54. The van der Waals surface area contributed by atoms with Crippen molar-refractivity contribution in [3.8, 4) is 0 Å². The largest absolute Gasteiger partial charge is 0.469 e. The summed E-state index contributed by atoms with van der Waals surface area (Å²) in [4.78, 5) is 0. The lowest BCUT2D eigenvalue weighted by atomic mass is 9.40. The maximum absolute atomic E-state index is 6.49. The van der Waals surface area contributed by atoms with E-state index in [1.165, 1.54) is 11.1 Å². The molecule has 0 amide bonds. The molecule has 4 rings (SSSR count). The topological polar surface area (TPSA) is 18.5 Å². The summed E-state index contributed by atoms with van der Waals surface area (Å²) in [5, 5.41) is -0.0627. The predicted octanol–water partition coefficient (Wildman–Crippen LogP) is 5.13. The van der Waals surface area contributed by atoms with Gasteiger partial charge in [0.1, 0.15) is 0 Å². The van der Waals surface area contributed by atoms with E-state index in [9.17, 15) is 0 Å². The van der Waals surface area contributed by atoms with Gasteiger partial charge in [-0.2, -0.15) is 0 Å². The van der Waals surface area contributed by atoms with E-state index in [2.05, 4.69) is 88.4 Å². The quantitative estimate of drug-likeness (QED) is 0.724. The molecule has 1 heterocycles. The number of rotatable bonds is 3. The molecule has 0 bridgehead atoms. The molecular weight excluding hydrogens is 307 g/mol. The van der Waals surface area contributed by atoms with E-state index in [1.54, 1.807) is 0 Å². The van der Waals surface area contributed by atoms with Crippen molar-refractivity contribution in [2.24, 2.45) is 0 Å². The minimum absolute atomic E-state index is 0.0627. The Morgan fingerprint density at radius 1 is 0.760 bits per heavy atom. The van der Waals surface area contributed by atoms with Crippen molar-refractivity contribution in [3.63, 3.8) is 0 Å². The fourth-order valence-corrected chi connectivity index (χ4v) is 4.18. The first-order valence-corrected chi connectivity index (χ1v) is 9.30. The number of hydrogen-bond donors (Lipinski definition) is 0. The summed E-state index contributed by atoms with van der Waals surface area (Å²) in [6, 6.07) is 21.6. The molecule has 0 radical (unpaired) electrons. The van der Waals surface area contributed by atoms with E-state index in [0.717, 1.165) is 12.8 Å². The van der Waals surface area contributed by atoms with Gasteiger partial charge in [0.25, 0.3) is 0 Å². The van der Waals surface area contributed by atoms with Gasteiger partial charge in [-0.15, -0.1) is 0 Å². The second-order valence-electron chi connectivity index (χ2n) is 8.63. The van der Waals surface area contributed by atoms with Gasteiger partial charge in [0.05, 0.1) is 11.2 Å². The molecule has 0 atom stereocenters. The fraction of sp³-hybridized carbons (Fsp3) is 0.455. The second-order valence-corrected chi connectivity index (χ2v) is 8.63. The zero-order chi connectivity index (χ0) is 17.7. The van der Waals surface area contributed by atoms with E-state index in [0.29, 0.717) is 5.92 Å². The Balaban J connectivity index is 1.66. The standard InChI is InChI=1S/C22H27BO2/c1-20(2)21(3,4)25-23(24-20)22(19-13-9-6-10-14-19)15-18(16-22)17-11-7-5-8-12-17/h5-14,18H,15-16H2,1-4H3. The van der Waals surface area contributed by atoms with Crippen molar-refractivity contribution in [2.45, 2.75) is 63.0 Å². The summed E-state index contributed by atoms with van der Waals surface area (Å²) >= 11 is 0. The van der Waals surface area contributed by atoms with Crippen molar-refractivity contribution in [2.75, 3.05) is 0 Å². The van der Waals surface area contributed by atoms with Crippen LogP contribution in [0.15, 0.2) is 60.7 Å². The van der Waals surface area contributed by atoms with Gasteiger partial charge in [-0.25, -0.2) is 0 Å². The third kappa shape index (κ3) is 2.65. The highest BCUT2D eigenvalue weighted by atomic mass is 16.7. The molecule has 2 aromatic rings. The third-order valence-electron chi connectivity index (χ3n) is 6.55. The zero-order valence-electron chi connectivity index (χ0n) is 15.7. The molecule has 2 aromatic carbocycles. The van der Waals surface area contributed by atoms with Gasteiger partial charge in [0.2, 0.25) is 0 Å². The highest BCUT2D eigenvalue weighted by Gasteiger charge is 2.64. The highest BCUT2D eigenvalue weighted by molar-refractivity contribution is 6.50. The summed E-state index contributed by atoms with van der Waals surface area (Å²) < 4.78 is 13.0. The van der Waals surface area contributed by atoms with Crippen molar-refractivity contribution < 1.29 is 9.31 Å². The van der Waals surface area contributed by atoms with Gasteiger partial charge in [0.15, 0.2) is 0 Å². The van der Waals surface area contributed by atoms with Crippen LogP contribution in [0.1, 0.15) is 57.6 Å². The van der Waals surface area contributed by atoms with E-state index in [1.807, 2.05) is 0 Å². The van der Waals surface area contributed by atoms with Gasteiger partial charge >= 0.3 is 7.12 Å². The number of benzene rings is 2. The number of hydrogen-bond acceptors (Lipinski definition) is 2. The van der Waals surface area contributed by atoms with Crippen LogP contribution in [0.4, 0.5) is 0 Å². The summed E-state index contributed by atoms with van der Waals surface area (Å²) in [5.74, 6) is 0.570. The molecule has 1 aliphatic carbocycles. The molecule has 2 aliphatic rings. The second kappa shape index (κ2) is 5.72. The van der Waals surface area contributed by atoms with Crippen LogP contribution in [0, 0.1) is 0 Å². The van der Waals surface area contributed by atoms with Crippen LogP contribution in [-0.4, -0.2) is 18.3 Å². The SMILES string of the molecule is CC1(C)OB(C2(c3ccccc3)CC(c3ccccc3)C2)OC1(C)C. The Labute approximate surface area is 151 Å². The van der Waals surface area contributed by atoms with Crippen LogP contribution >= 0.6 is 0 Å². The Morgan fingerprint density at radius 3 is 1.76 bits per heavy atom. The molecule has 2 nitrogen and oxygen atoms in total. The average molecular weight is 334 g/mol. The van der Waals surface area contributed by atoms with Gasteiger partial charge in [-0.1, -0.05) is 60.7 Å². The van der Waals surface area contributed by atoms with Crippen LogP contribution in [0.3, 0.4) is 0 Å². The van der Waals surface area contributed by atoms with Crippen LogP contribution in [0.5, 0.6) is 0 Å². The molecule has 0 spiro atoms. The molecule has 1 saturated heterocycles. The molecule has 1 saturated carbocycles. The Bertz CT molecular complexity index is 717. The Kier molecular flexibility index (Phi) is 3.86. The predicted molar refractivity (Wildman–Crippen MR) is 103 cm³/mol. The van der Waals surface area contributed by atoms with Crippen molar-refractivity contribution in [3.05, 3.63) is 71.8 Å². The third-order valence-corrected chi connectivity index (χ3v) is 6.55. The molecule has 2 fully saturated rings. The maximum atomic E-state index is 6.49. The van der Waals surface area contributed by atoms with E-state index in [4.69, 9.17) is 9.31 Å². The van der Waals surface area contributed by atoms with Gasteiger partial charge < -0.3 is 9.31 Å². The van der Waals surface area contributed by atoms with Gasteiger partial charge in [-0.3, -0.25) is 0 Å². The average Bonchev–Trinajstić information content (AvgIpc) is 2.76. The summed E-state index contributed by atoms with van der Waals surface area (Å²) in [5.41, 5.74) is 2.17. The lowest BCUT2D eigenvalue weighted by Gasteiger charge is -2.49. The summed E-state index contributed by atoms with van der Waals surface area (Å²) in [7, 11) is -0.195. The minimum atomic E-state index is -0.294. The van der Waals surface area contributed by atoms with Crippen molar-refractivity contribution in [1.29, 1.82) is 0 Å². The molecule has 25 heavy (non-hydrogen) atoms. The van der Waals surface area contributed by atoms with E-state index < -0.39 is 0 Å². The molecule has 0 aromatic heterocycles. The lowest BCUT2D eigenvalue weighted by molar-refractivity contribution is 0.00578. The maximum Gasteiger partial charge on any atom is 0.469 e. The van der Waals surface area contributed by atoms with Crippen LogP contribution in [0.2, 0.25) is 0 Å². The smallest absolute Gasteiger partial charge is 0.403 e. The first kappa shape index (κ1) is 16.9. The normalized spacial score (nSPS) is 30.1. The summed E-state index contributed by atoms with van der Waals surface area (Å²) in [6.07, 6.45) is 2.13. The van der Waals surface area contributed by atoms with Crippen molar-refractivity contribution in [1.82, 2.24) is 0 Å². The van der Waals surface area contributed by atoms with Crippen LogP contribution < -0.4 is 0 Å². The monoisotopic (exact) mass is 334 g/mol. The Hall–Kier alpha value is -1.58. The molecule has 130 valence electrons. The zero-order valence-corrected chi connectivity index (χ0v) is 15.7. The molecule has 0 N–H and O–H groups in total. The first-order chi connectivity index (χ1) is 11.8. The highest BCUT2D eigenvalue weighted by Crippen LogP contribution is 2.57. The van der Waals surface area contributed by atoms with Crippen LogP contribution in [-0.2, 0) is 14.6 Å². The fourth-order valence-electron chi connectivity index (χ4n) is 4.18. The molecule has 1 aliphatic heterocycles. The summed E-state index contributed by atoms with van der Waals surface area (Å²) in [6.45, 7) is 8.55. The van der Waals surface area contributed by atoms with Crippen molar-refractivity contribution >= 4 is 7.12 Å².